The number of anilines is 1. The Balaban J connectivity index is 2.33. The SMILES string of the molecule is O=C(O)c1ccc(C(F)(F)F)nc1NC1CCS(=O)(=O)C1. The average molecular weight is 324 g/mol. The number of nitrogens with one attached hydrogen (secondary N) is 1. The maximum Gasteiger partial charge on any atom is 0.433 e. The van der Waals surface area contributed by atoms with Crippen LogP contribution >= 0.6 is 0 Å². The van der Waals surface area contributed by atoms with E-state index in [1.54, 1.807) is 0 Å². The first-order valence-corrected chi connectivity index (χ1v) is 7.69. The van der Waals surface area contributed by atoms with Crippen molar-refractivity contribution in [1.82, 2.24) is 4.98 Å². The third kappa shape index (κ3) is 3.63. The van der Waals surface area contributed by atoms with Gasteiger partial charge in [-0.15, -0.1) is 0 Å². The van der Waals surface area contributed by atoms with Crippen LogP contribution in [0.2, 0.25) is 0 Å². The number of aromatic carboxylic acids is 1. The standard InChI is InChI=1S/C11H11F3N2O4S/c12-11(13,14)8-2-1-7(10(17)18)9(16-8)15-6-3-4-21(19,20)5-6/h1-2,6H,3-5H2,(H,15,16)(H,17,18). The van der Waals surface area contributed by atoms with Gasteiger partial charge in [-0.05, 0) is 18.6 Å². The van der Waals surface area contributed by atoms with Crippen LogP contribution in [0.25, 0.3) is 0 Å². The molecule has 1 unspecified atom stereocenters. The van der Waals surface area contributed by atoms with Gasteiger partial charge in [-0.25, -0.2) is 18.2 Å². The Hall–Kier alpha value is -1.84. The number of alkyl halides is 3. The highest BCUT2D eigenvalue weighted by Gasteiger charge is 2.34. The van der Waals surface area contributed by atoms with E-state index in [0.717, 1.165) is 6.07 Å². The molecule has 1 atom stereocenters. The van der Waals surface area contributed by atoms with Crippen LogP contribution in [-0.2, 0) is 16.0 Å². The lowest BCUT2D eigenvalue weighted by Crippen LogP contribution is -2.24. The molecule has 0 spiro atoms. The first-order valence-electron chi connectivity index (χ1n) is 5.87. The van der Waals surface area contributed by atoms with Crippen LogP contribution in [0.5, 0.6) is 0 Å². The second-order valence-electron chi connectivity index (χ2n) is 4.64. The minimum Gasteiger partial charge on any atom is -0.478 e. The summed E-state index contributed by atoms with van der Waals surface area (Å²) >= 11 is 0. The number of carboxylic acid groups (broad SMARTS) is 1. The van der Waals surface area contributed by atoms with Crippen molar-refractivity contribution >= 4 is 21.6 Å². The van der Waals surface area contributed by atoms with Crippen molar-refractivity contribution in [2.75, 3.05) is 16.8 Å². The minimum atomic E-state index is -4.71. The van der Waals surface area contributed by atoms with Crippen molar-refractivity contribution in [3.8, 4) is 0 Å². The molecule has 0 aliphatic carbocycles. The number of carbonyl (C=O) groups is 1. The summed E-state index contributed by atoms with van der Waals surface area (Å²) in [6, 6.07) is 0.716. The van der Waals surface area contributed by atoms with Gasteiger partial charge in [-0.1, -0.05) is 0 Å². The Morgan fingerprint density at radius 2 is 2.05 bits per heavy atom. The fraction of sp³-hybridized carbons (Fsp3) is 0.455. The van der Waals surface area contributed by atoms with Crippen molar-refractivity contribution in [3.63, 3.8) is 0 Å². The number of nitrogens with zero attached hydrogens (tertiary/aromatic N) is 1. The third-order valence-electron chi connectivity index (χ3n) is 2.99. The third-order valence-corrected chi connectivity index (χ3v) is 4.76. The van der Waals surface area contributed by atoms with Crippen LogP contribution in [0.1, 0.15) is 22.5 Å². The van der Waals surface area contributed by atoms with Crippen molar-refractivity contribution in [2.24, 2.45) is 0 Å². The van der Waals surface area contributed by atoms with E-state index in [9.17, 15) is 26.4 Å². The topological polar surface area (TPSA) is 96.4 Å². The summed E-state index contributed by atoms with van der Waals surface area (Å²) < 4.78 is 60.5. The van der Waals surface area contributed by atoms with Crippen molar-refractivity contribution in [2.45, 2.75) is 18.6 Å². The smallest absolute Gasteiger partial charge is 0.433 e. The maximum absolute atomic E-state index is 12.6. The van der Waals surface area contributed by atoms with Crippen molar-refractivity contribution < 1.29 is 31.5 Å². The van der Waals surface area contributed by atoms with Gasteiger partial charge in [-0.2, -0.15) is 13.2 Å². The van der Waals surface area contributed by atoms with E-state index in [-0.39, 0.29) is 17.9 Å². The van der Waals surface area contributed by atoms with Gasteiger partial charge in [0.15, 0.2) is 9.84 Å². The number of aromatic nitrogens is 1. The molecule has 1 aliphatic heterocycles. The molecule has 0 radical (unpaired) electrons. The highest BCUT2D eigenvalue weighted by atomic mass is 32.2. The molecule has 116 valence electrons. The van der Waals surface area contributed by atoms with Crippen LogP contribution in [0.3, 0.4) is 0 Å². The summed E-state index contributed by atoms with van der Waals surface area (Å²) in [5.74, 6) is -2.27. The highest BCUT2D eigenvalue weighted by molar-refractivity contribution is 7.91. The molecule has 0 amide bonds. The van der Waals surface area contributed by atoms with Gasteiger partial charge in [0.05, 0.1) is 11.5 Å². The minimum absolute atomic E-state index is 0.0912. The van der Waals surface area contributed by atoms with E-state index in [4.69, 9.17) is 5.11 Å². The zero-order chi connectivity index (χ0) is 15.8. The highest BCUT2D eigenvalue weighted by Crippen LogP contribution is 2.30. The van der Waals surface area contributed by atoms with Gasteiger partial charge in [-0.3, -0.25) is 0 Å². The molecule has 1 aromatic rings. The van der Waals surface area contributed by atoms with E-state index in [0.29, 0.717) is 6.07 Å². The molecule has 0 saturated carbocycles. The molecular weight excluding hydrogens is 313 g/mol. The summed E-state index contributed by atoms with van der Waals surface area (Å²) in [6.45, 7) is 0. The zero-order valence-corrected chi connectivity index (χ0v) is 11.3. The lowest BCUT2D eigenvalue weighted by atomic mass is 10.2. The van der Waals surface area contributed by atoms with Gasteiger partial charge >= 0.3 is 12.1 Å². The fourth-order valence-corrected chi connectivity index (χ4v) is 3.68. The monoisotopic (exact) mass is 324 g/mol. The number of sulfone groups is 1. The number of halogens is 3. The summed E-state index contributed by atoms with van der Waals surface area (Å²) in [7, 11) is -3.25. The summed E-state index contributed by atoms with van der Waals surface area (Å²) in [4.78, 5) is 14.3. The normalized spacial score (nSPS) is 21.2. The Kier molecular flexibility index (Phi) is 3.83. The fourth-order valence-electron chi connectivity index (χ4n) is 2.00. The average Bonchev–Trinajstić information content (AvgIpc) is 2.67. The number of rotatable bonds is 3. The van der Waals surface area contributed by atoms with E-state index in [1.165, 1.54) is 0 Å². The van der Waals surface area contributed by atoms with E-state index >= 15 is 0 Å². The molecule has 2 rings (SSSR count). The molecule has 1 fully saturated rings. The second kappa shape index (κ2) is 5.17. The van der Waals surface area contributed by atoms with E-state index in [1.807, 2.05) is 0 Å². The molecule has 6 nitrogen and oxygen atoms in total. The lowest BCUT2D eigenvalue weighted by molar-refractivity contribution is -0.141. The van der Waals surface area contributed by atoms with Crippen molar-refractivity contribution in [1.29, 1.82) is 0 Å². The van der Waals surface area contributed by atoms with E-state index in [2.05, 4.69) is 10.3 Å². The molecule has 0 bridgehead atoms. The van der Waals surface area contributed by atoms with E-state index < -0.39 is 45.1 Å². The molecule has 21 heavy (non-hydrogen) atoms. The number of hydrogen-bond donors (Lipinski definition) is 2. The Morgan fingerprint density at radius 3 is 2.52 bits per heavy atom. The molecule has 2 heterocycles. The Bertz CT molecular complexity index is 673. The number of carboxylic acids is 1. The molecular formula is C11H11F3N2O4S. The number of pyridine rings is 1. The van der Waals surface area contributed by atoms with Gasteiger partial charge in [0.2, 0.25) is 0 Å². The summed E-state index contributed by atoms with van der Waals surface area (Å²) in [6.07, 6.45) is -4.52. The predicted octanol–water partition coefficient (Wildman–Crippen LogP) is 1.40. The Labute approximate surface area is 117 Å². The quantitative estimate of drug-likeness (QED) is 0.872. The molecule has 0 aromatic carbocycles. The number of hydrogen-bond acceptors (Lipinski definition) is 5. The van der Waals surface area contributed by atoms with Gasteiger partial charge in [0, 0.05) is 6.04 Å². The van der Waals surface area contributed by atoms with Crippen LogP contribution in [0.4, 0.5) is 19.0 Å². The summed E-state index contributed by atoms with van der Waals surface area (Å²) in [5, 5.41) is 11.4. The first kappa shape index (κ1) is 15.5. The largest absolute Gasteiger partial charge is 0.478 e. The molecule has 2 N–H and O–H groups in total. The lowest BCUT2D eigenvalue weighted by Gasteiger charge is -2.15. The molecule has 1 saturated heterocycles. The molecule has 10 heteroatoms. The zero-order valence-electron chi connectivity index (χ0n) is 10.5. The first-order chi connectivity index (χ1) is 9.58. The van der Waals surface area contributed by atoms with Crippen LogP contribution < -0.4 is 5.32 Å². The van der Waals surface area contributed by atoms with Gasteiger partial charge in [0.1, 0.15) is 17.1 Å². The van der Waals surface area contributed by atoms with Crippen LogP contribution in [-0.4, -0.2) is 42.0 Å². The summed E-state index contributed by atoms with van der Waals surface area (Å²) in [5.41, 5.74) is -1.68. The van der Waals surface area contributed by atoms with Gasteiger partial charge in [0.25, 0.3) is 0 Å². The van der Waals surface area contributed by atoms with Crippen LogP contribution in [0, 0.1) is 0 Å². The second-order valence-corrected chi connectivity index (χ2v) is 6.87. The molecule has 1 aliphatic rings. The Morgan fingerprint density at radius 1 is 1.38 bits per heavy atom. The maximum atomic E-state index is 12.6. The predicted molar refractivity (Wildman–Crippen MR) is 66.9 cm³/mol. The van der Waals surface area contributed by atoms with Gasteiger partial charge < -0.3 is 10.4 Å². The van der Waals surface area contributed by atoms with Crippen LogP contribution in [0.15, 0.2) is 12.1 Å². The van der Waals surface area contributed by atoms with Crippen molar-refractivity contribution in [3.05, 3.63) is 23.4 Å². The molecule has 1 aromatic heterocycles.